The summed E-state index contributed by atoms with van der Waals surface area (Å²) in [7, 11) is 0. The molecule has 0 aliphatic carbocycles. The van der Waals surface area contributed by atoms with Crippen LogP contribution in [-0.4, -0.2) is 34.2 Å². The number of rotatable bonds is 6. The van der Waals surface area contributed by atoms with Gasteiger partial charge in [0.2, 0.25) is 4.77 Å². The fourth-order valence-corrected chi connectivity index (χ4v) is 2.95. The second-order valence-corrected chi connectivity index (χ2v) is 6.43. The molecular weight excluding hydrogens is 342 g/mol. The maximum Gasteiger partial charge on any atom is 0.216 e. The van der Waals surface area contributed by atoms with Crippen molar-refractivity contribution in [1.29, 1.82) is 0 Å². The summed E-state index contributed by atoms with van der Waals surface area (Å²) >= 11 is 5.32. The van der Waals surface area contributed by atoms with Crippen LogP contribution in [0.25, 0.3) is 11.4 Å². The van der Waals surface area contributed by atoms with E-state index in [-0.39, 0.29) is 0 Å². The topological polar surface area (TPSA) is 49.2 Å². The molecule has 0 aliphatic heterocycles. The zero-order valence-corrected chi connectivity index (χ0v) is 16.1. The number of benzene rings is 2. The molecule has 0 amide bonds. The van der Waals surface area contributed by atoms with E-state index in [9.17, 15) is 0 Å². The lowest BCUT2D eigenvalue weighted by Crippen LogP contribution is -2.21. The van der Waals surface area contributed by atoms with E-state index < -0.39 is 0 Å². The van der Waals surface area contributed by atoms with E-state index in [1.807, 2.05) is 24.3 Å². The first kappa shape index (κ1) is 18.1. The number of hydrogen-bond acceptors (Lipinski definition) is 4. The summed E-state index contributed by atoms with van der Waals surface area (Å²) in [6, 6.07) is 16.5. The Balaban J connectivity index is 1.86. The summed E-state index contributed by atoms with van der Waals surface area (Å²) < 4.78 is 2.12. The number of nitrogens with one attached hydrogen (secondary N) is 1. The van der Waals surface area contributed by atoms with E-state index in [0.717, 1.165) is 24.2 Å². The van der Waals surface area contributed by atoms with Gasteiger partial charge in [-0.15, -0.1) is 0 Å². The molecule has 0 aliphatic rings. The van der Waals surface area contributed by atoms with Crippen molar-refractivity contribution in [3.8, 4) is 11.4 Å². The molecule has 0 unspecified atom stereocenters. The molecule has 6 heteroatoms. The molecule has 0 radical (unpaired) electrons. The Hall–Kier alpha value is -2.73. The SMILES string of the molecule is CCN(CC)c1ccc(C=Nn2c(-c3ccc(C)cc3)n[nH]c2=S)cc1. The first-order chi connectivity index (χ1) is 12.6. The molecule has 1 N–H and O–H groups in total. The molecule has 0 spiro atoms. The molecule has 26 heavy (non-hydrogen) atoms. The van der Waals surface area contributed by atoms with E-state index in [1.54, 1.807) is 10.9 Å². The minimum atomic E-state index is 0.469. The molecule has 2 aromatic carbocycles. The minimum absolute atomic E-state index is 0.469. The van der Waals surface area contributed by atoms with Gasteiger partial charge in [-0.1, -0.05) is 42.0 Å². The van der Waals surface area contributed by atoms with Gasteiger partial charge in [-0.2, -0.15) is 14.9 Å². The summed E-state index contributed by atoms with van der Waals surface area (Å²) in [5.41, 5.74) is 4.40. The highest BCUT2D eigenvalue weighted by atomic mass is 32.1. The first-order valence-electron chi connectivity index (χ1n) is 8.76. The van der Waals surface area contributed by atoms with Crippen molar-refractivity contribution < 1.29 is 0 Å². The van der Waals surface area contributed by atoms with E-state index in [2.05, 4.69) is 65.2 Å². The predicted octanol–water partition coefficient (Wildman–Crippen LogP) is 4.64. The number of anilines is 1. The monoisotopic (exact) mass is 365 g/mol. The van der Waals surface area contributed by atoms with Crippen molar-refractivity contribution in [1.82, 2.24) is 14.9 Å². The lowest BCUT2D eigenvalue weighted by atomic mass is 10.1. The molecule has 134 valence electrons. The van der Waals surface area contributed by atoms with Crippen LogP contribution in [0.15, 0.2) is 53.6 Å². The Labute approximate surface area is 159 Å². The van der Waals surface area contributed by atoms with Crippen LogP contribution < -0.4 is 4.90 Å². The lowest BCUT2D eigenvalue weighted by molar-refractivity contribution is 0.865. The van der Waals surface area contributed by atoms with Crippen LogP contribution in [0.3, 0.4) is 0 Å². The number of aromatic nitrogens is 3. The molecule has 3 aromatic rings. The summed E-state index contributed by atoms with van der Waals surface area (Å²) in [6.07, 6.45) is 1.80. The van der Waals surface area contributed by atoms with E-state index in [0.29, 0.717) is 10.6 Å². The van der Waals surface area contributed by atoms with Crippen LogP contribution in [0.1, 0.15) is 25.0 Å². The molecule has 0 bridgehead atoms. The zero-order valence-electron chi connectivity index (χ0n) is 15.3. The second kappa shape index (κ2) is 8.10. The van der Waals surface area contributed by atoms with E-state index >= 15 is 0 Å². The Morgan fingerprint density at radius 1 is 1.08 bits per heavy atom. The third-order valence-electron chi connectivity index (χ3n) is 4.30. The molecule has 0 saturated carbocycles. The quantitative estimate of drug-likeness (QED) is 0.511. The smallest absolute Gasteiger partial charge is 0.216 e. The molecular formula is C20H23N5S. The number of aromatic amines is 1. The fraction of sp³-hybridized carbons (Fsp3) is 0.250. The number of H-pyrrole nitrogens is 1. The van der Waals surface area contributed by atoms with Gasteiger partial charge in [0.25, 0.3) is 0 Å². The Morgan fingerprint density at radius 3 is 2.35 bits per heavy atom. The molecule has 0 fully saturated rings. The lowest BCUT2D eigenvalue weighted by Gasteiger charge is -2.20. The largest absolute Gasteiger partial charge is 0.372 e. The van der Waals surface area contributed by atoms with Gasteiger partial charge >= 0.3 is 0 Å². The van der Waals surface area contributed by atoms with Crippen LogP contribution in [0, 0.1) is 11.7 Å². The Bertz CT molecular complexity index is 932. The maximum absolute atomic E-state index is 5.32. The highest BCUT2D eigenvalue weighted by molar-refractivity contribution is 7.71. The normalized spacial score (nSPS) is 11.2. The molecule has 3 rings (SSSR count). The van der Waals surface area contributed by atoms with E-state index in [1.165, 1.54) is 11.3 Å². The number of nitrogens with zero attached hydrogens (tertiary/aromatic N) is 4. The van der Waals surface area contributed by atoms with Gasteiger partial charge in [0, 0.05) is 24.3 Å². The minimum Gasteiger partial charge on any atom is -0.372 e. The predicted molar refractivity (Wildman–Crippen MR) is 111 cm³/mol. The van der Waals surface area contributed by atoms with Crippen molar-refractivity contribution in [2.45, 2.75) is 20.8 Å². The van der Waals surface area contributed by atoms with Gasteiger partial charge in [-0.25, -0.2) is 5.10 Å². The van der Waals surface area contributed by atoms with E-state index in [4.69, 9.17) is 12.2 Å². The standard InChI is InChI=1S/C20H23N5S/c1-4-24(5-2)18-12-8-16(9-13-18)14-21-25-19(22-23-20(25)26)17-10-6-15(3)7-11-17/h6-14H,4-5H2,1-3H3,(H,23,26). The Morgan fingerprint density at radius 2 is 1.73 bits per heavy atom. The zero-order chi connectivity index (χ0) is 18.5. The third-order valence-corrected chi connectivity index (χ3v) is 4.57. The molecule has 1 heterocycles. The second-order valence-electron chi connectivity index (χ2n) is 6.04. The Kier molecular flexibility index (Phi) is 5.63. The van der Waals surface area contributed by atoms with Crippen molar-refractivity contribution >= 4 is 24.1 Å². The van der Waals surface area contributed by atoms with Crippen LogP contribution in [0.4, 0.5) is 5.69 Å². The average molecular weight is 366 g/mol. The van der Waals surface area contributed by atoms with Gasteiger partial charge < -0.3 is 4.90 Å². The van der Waals surface area contributed by atoms with Gasteiger partial charge in [0.05, 0.1) is 6.21 Å². The highest BCUT2D eigenvalue weighted by Gasteiger charge is 2.07. The molecule has 0 atom stereocenters. The summed E-state index contributed by atoms with van der Waals surface area (Å²) in [4.78, 5) is 2.31. The van der Waals surface area contributed by atoms with Crippen LogP contribution >= 0.6 is 12.2 Å². The number of aryl methyl sites for hydroxylation is 1. The van der Waals surface area contributed by atoms with Crippen molar-refractivity contribution in [2.24, 2.45) is 5.10 Å². The third kappa shape index (κ3) is 3.91. The van der Waals surface area contributed by atoms with Gasteiger partial charge in [-0.05, 0) is 50.7 Å². The summed E-state index contributed by atoms with van der Waals surface area (Å²) in [5.74, 6) is 0.700. The van der Waals surface area contributed by atoms with Crippen LogP contribution in [0.5, 0.6) is 0 Å². The van der Waals surface area contributed by atoms with Crippen molar-refractivity contribution in [3.05, 3.63) is 64.4 Å². The van der Waals surface area contributed by atoms with Gasteiger partial charge in [0.15, 0.2) is 5.82 Å². The van der Waals surface area contributed by atoms with Crippen molar-refractivity contribution in [2.75, 3.05) is 18.0 Å². The first-order valence-corrected chi connectivity index (χ1v) is 9.17. The fourth-order valence-electron chi connectivity index (χ4n) is 2.77. The summed E-state index contributed by atoms with van der Waals surface area (Å²) in [5, 5.41) is 11.7. The maximum atomic E-state index is 5.32. The molecule has 0 saturated heterocycles. The van der Waals surface area contributed by atoms with Gasteiger partial charge in [0.1, 0.15) is 0 Å². The molecule has 5 nitrogen and oxygen atoms in total. The average Bonchev–Trinajstić information content (AvgIpc) is 3.03. The van der Waals surface area contributed by atoms with Crippen LogP contribution in [-0.2, 0) is 0 Å². The van der Waals surface area contributed by atoms with Crippen LogP contribution in [0.2, 0.25) is 0 Å². The van der Waals surface area contributed by atoms with Gasteiger partial charge in [-0.3, -0.25) is 0 Å². The number of hydrogen-bond donors (Lipinski definition) is 1. The molecule has 1 aromatic heterocycles. The van der Waals surface area contributed by atoms with Crippen molar-refractivity contribution in [3.63, 3.8) is 0 Å². The summed E-state index contributed by atoms with van der Waals surface area (Å²) in [6.45, 7) is 8.36. The highest BCUT2D eigenvalue weighted by Crippen LogP contribution is 2.18.